The van der Waals surface area contributed by atoms with Gasteiger partial charge in [0.25, 0.3) is 0 Å². The smallest absolute Gasteiger partial charge is 0.227 e. The summed E-state index contributed by atoms with van der Waals surface area (Å²) in [6.45, 7) is 9.41. The molecule has 2 aromatic rings. The van der Waals surface area contributed by atoms with Gasteiger partial charge in [-0.25, -0.2) is 0 Å². The molecule has 0 saturated heterocycles. The zero-order valence-corrected chi connectivity index (χ0v) is 14.3. The van der Waals surface area contributed by atoms with Gasteiger partial charge in [0.1, 0.15) is 0 Å². The van der Waals surface area contributed by atoms with Crippen molar-refractivity contribution in [3.05, 3.63) is 36.2 Å². The Morgan fingerprint density at radius 3 is 2.52 bits per heavy atom. The molecule has 1 N–H and O–H groups in total. The van der Waals surface area contributed by atoms with Crippen molar-refractivity contribution in [3.63, 3.8) is 0 Å². The standard InChI is InChI=1S/C18H27N3O2/c1-18(2,3)14-21(12-13-22)11-7-10-16-19-17(20-23-16)15-8-5-4-6-9-15/h4-6,8-9,22H,7,10-14H2,1-3H3. The molecule has 23 heavy (non-hydrogen) atoms. The van der Waals surface area contributed by atoms with Crippen LogP contribution in [0.25, 0.3) is 11.4 Å². The summed E-state index contributed by atoms with van der Waals surface area (Å²) >= 11 is 0. The first-order valence-electron chi connectivity index (χ1n) is 8.19. The van der Waals surface area contributed by atoms with E-state index in [1.54, 1.807) is 0 Å². The molecule has 0 atom stereocenters. The zero-order valence-electron chi connectivity index (χ0n) is 14.3. The van der Waals surface area contributed by atoms with Crippen LogP contribution in [-0.4, -0.2) is 46.4 Å². The van der Waals surface area contributed by atoms with E-state index in [1.807, 2.05) is 30.3 Å². The summed E-state index contributed by atoms with van der Waals surface area (Å²) in [6, 6.07) is 9.84. The Balaban J connectivity index is 1.85. The molecule has 0 aliphatic carbocycles. The Morgan fingerprint density at radius 2 is 1.87 bits per heavy atom. The van der Waals surface area contributed by atoms with Crippen molar-refractivity contribution < 1.29 is 9.63 Å². The Hall–Kier alpha value is -1.72. The average molecular weight is 317 g/mol. The molecule has 0 spiro atoms. The van der Waals surface area contributed by atoms with Gasteiger partial charge in [-0.2, -0.15) is 4.98 Å². The topological polar surface area (TPSA) is 62.4 Å². The molecule has 0 fully saturated rings. The second kappa shape index (κ2) is 8.22. The molecule has 5 nitrogen and oxygen atoms in total. The molecular formula is C18H27N3O2. The Kier molecular flexibility index (Phi) is 6.30. The van der Waals surface area contributed by atoms with Gasteiger partial charge in [0, 0.05) is 25.1 Å². The first-order valence-corrected chi connectivity index (χ1v) is 8.19. The van der Waals surface area contributed by atoms with Crippen LogP contribution in [0, 0.1) is 5.41 Å². The minimum absolute atomic E-state index is 0.189. The maximum absolute atomic E-state index is 9.20. The van der Waals surface area contributed by atoms with Crippen LogP contribution in [0.2, 0.25) is 0 Å². The van der Waals surface area contributed by atoms with Crippen LogP contribution in [0.5, 0.6) is 0 Å². The van der Waals surface area contributed by atoms with Crippen LogP contribution in [-0.2, 0) is 6.42 Å². The fourth-order valence-electron chi connectivity index (χ4n) is 2.60. The van der Waals surface area contributed by atoms with E-state index in [9.17, 15) is 5.11 Å². The second-order valence-corrected chi connectivity index (χ2v) is 7.04. The molecule has 0 saturated carbocycles. The molecular weight excluding hydrogens is 290 g/mol. The molecule has 0 radical (unpaired) electrons. The third-order valence-corrected chi connectivity index (χ3v) is 3.48. The predicted molar refractivity (Wildman–Crippen MR) is 91.0 cm³/mol. The van der Waals surface area contributed by atoms with Gasteiger partial charge in [-0.1, -0.05) is 56.3 Å². The normalized spacial score (nSPS) is 12.0. The molecule has 1 aromatic heterocycles. The molecule has 1 heterocycles. The molecule has 2 rings (SSSR count). The number of aliphatic hydroxyl groups is 1. The van der Waals surface area contributed by atoms with E-state index >= 15 is 0 Å². The minimum atomic E-state index is 0.189. The van der Waals surface area contributed by atoms with Crippen molar-refractivity contribution in [2.45, 2.75) is 33.6 Å². The predicted octanol–water partition coefficient (Wildman–Crippen LogP) is 3.01. The quantitative estimate of drug-likeness (QED) is 0.811. The molecule has 0 aliphatic heterocycles. The SMILES string of the molecule is CC(C)(C)CN(CCO)CCCc1nc(-c2ccccc2)no1. The highest BCUT2D eigenvalue weighted by atomic mass is 16.5. The largest absolute Gasteiger partial charge is 0.395 e. The van der Waals surface area contributed by atoms with E-state index in [1.165, 1.54) is 0 Å². The highest BCUT2D eigenvalue weighted by Gasteiger charge is 2.16. The maximum atomic E-state index is 9.20. The molecule has 0 aliphatic rings. The van der Waals surface area contributed by atoms with Crippen LogP contribution >= 0.6 is 0 Å². The average Bonchev–Trinajstić information content (AvgIpc) is 2.96. The first kappa shape index (κ1) is 17.6. The number of rotatable bonds is 8. The molecule has 0 bridgehead atoms. The fourth-order valence-corrected chi connectivity index (χ4v) is 2.60. The fraction of sp³-hybridized carbons (Fsp3) is 0.556. The second-order valence-electron chi connectivity index (χ2n) is 7.04. The zero-order chi connectivity index (χ0) is 16.7. The first-order chi connectivity index (χ1) is 11.0. The van der Waals surface area contributed by atoms with Gasteiger partial charge in [0.15, 0.2) is 0 Å². The lowest BCUT2D eigenvalue weighted by Crippen LogP contribution is -2.35. The lowest BCUT2D eigenvalue weighted by Gasteiger charge is -2.29. The van der Waals surface area contributed by atoms with Crippen molar-refractivity contribution >= 4 is 0 Å². The van der Waals surface area contributed by atoms with Gasteiger partial charge in [0.05, 0.1) is 6.61 Å². The Bertz CT molecular complexity index is 575. The van der Waals surface area contributed by atoms with Gasteiger partial charge in [-0.05, 0) is 18.4 Å². The van der Waals surface area contributed by atoms with Crippen LogP contribution < -0.4 is 0 Å². The van der Waals surface area contributed by atoms with Crippen LogP contribution in [0.1, 0.15) is 33.1 Å². The third kappa shape index (κ3) is 6.12. The summed E-state index contributed by atoms with van der Waals surface area (Å²) < 4.78 is 5.33. The number of aromatic nitrogens is 2. The van der Waals surface area contributed by atoms with Gasteiger partial charge < -0.3 is 14.5 Å². The summed E-state index contributed by atoms with van der Waals surface area (Å²) in [5.41, 5.74) is 1.19. The van der Waals surface area contributed by atoms with Crippen LogP contribution in [0.3, 0.4) is 0 Å². The van der Waals surface area contributed by atoms with Gasteiger partial charge >= 0.3 is 0 Å². The van der Waals surface area contributed by atoms with Crippen molar-refractivity contribution in [1.82, 2.24) is 15.0 Å². The Morgan fingerprint density at radius 1 is 1.13 bits per heavy atom. The lowest BCUT2D eigenvalue weighted by molar-refractivity contribution is 0.150. The summed E-state index contributed by atoms with van der Waals surface area (Å²) in [5.74, 6) is 1.31. The summed E-state index contributed by atoms with van der Waals surface area (Å²) in [7, 11) is 0. The Labute approximate surface area is 138 Å². The van der Waals surface area contributed by atoms with Gasteiger partial charge in [0.2, 0.25) is 11.7 Å². The van der Waals surface area contributed by atoms with E-state index in [-0.39, 0.29) is 12.0 Å². The molecule has 0 unspecified atom stereocenters. The van der Waals surface area contributed by atoms with E-state index < -0.39 is 0 Å². The van der Waals surface area contributed by atoms with E-state index in [0.717, 1.165) is 31.5 Å². The number of benzene rings is 1. The van der Waals surface area contributed by atoms with E-state index in [0.29, 0.717) is 18.3 Å². The lowest BCUT2D eigenvalue weighted by atomic mass is 9.96. The summed E-state index contributed by atoms with van der Waals surface area (Å²) in [4.78, 5) is 6.74. The van der Waals surface area contributed by atoms with Crippen LogP contribution in [0.4, 0.5) is 0 Å². The third-order valence-electron chi connectivity index (χ3n) is 3.48. The molecule has 126 valence electrons. The number of hydrogen-bond acceptors (Lipinski definition) is 5. The monoisotopic (exact) mass is 317 g/mol. The number of aryl methyl sites for hydroxylation is 1. The highest BCUT2D eigenvalue weighted by Crippen LogP contribution is 2.17. The van der Waals surface area contributed by atoms with E-state index in [4.69, 9.17) is 4.52 Å². The molecule has 0 amide bonds. The van der Waals surface area contributed by atoms with Gasteiger partial charge in [-0.3, -0.25) is 0 Å². The van der Waals surface area contributed by atoms with E-state index in [2.05, 4.69) is 35.8 Å². The van der Waals surface area contributed by atoms with Crippen molar-refractivity contribution in [1.29, 1.82) is 0 Å². The van der Waals surface area contributed by atoms with Crippen molar-refractivity contribution in [2.75, 3.05) is 26.2 Å². The minimum Gasteiger partial charge on any atom is -0.395 e. The molecule has 1 aromatic carbocycles. The highest BCUT2D eigenvalue weighted by molar-refractivity contribution is 5.53. The van der Waals surface area contributed by atoms with Crippen LogP contribution in [0.15, 0.2) is 34.9 Å². The summed E-state index contributed by atoms with van der Waals surface area (Å²) in [6.07, 6.45) is 1.69. The summed E-state index contributed by atoms with van der Waals surface area (Å²) in [5, 5.41) is 13.2. The van der Waals surface area contributed by atoms with Crippen molar-refractivity contribution in [3.8, 4) is 11.4 Å². The number of nitrogens with zero attached hydrogens (tertiary/aromatic N) is 3. The van der Waals surface area contributed by atoms with Crippen molar-refractivity contribution in [2.24, 2.45) is 5.41 Å². The van der Waals surface area contributed by atoms with Gasteiger partial charge in [-0.15, -0.1) is 0 Å². The maximum Gasteiger partial charge on any atom is 0.227 e. The number of aliphatic hydroxyl groups excluding tert-OH is 1. The molecule has 5 heteroatoms. The number of hydrogen-bond donors (Lipinski definition) is 1.